The normalized spacial score (nSPS) is 30.1. The molecule has 0 bridgehead atoms. The van der Waals surface area contributed by atoms with Crippen molar-refractivity contribution in [3.05, 3.63) is 53.6 Å². The van der Waals surface area contributed by atoms with Crippen LogP contribution in [0.15, 0.2) is 47.4 Å². The molecule has 5 rings (SSSR count). The van der Waals surface area contributed by atoms with Gasteiger partial charge in [0, 0.05) is 6.92 Å². The molecule has 2 aromatic rings. The molecule has 34 heavy (non-hydrogen) atoms. The van der Waals surface area contributed by atoms with Gasteiger partial charge in [0.25, 0.3) is 10.1 Å². The Morgan fingerprint density at radius 3 is 2.50 bits per heavy atom. The molecule has 0 spiro atoms. The number of hydrogen-bond donors (Lipinski definition) is 0. The van der Waals surface area contributed by atoms with Gasteiger partial charge in [-0.2, -0.15) is 8.42 Å². The van der Waals surface area contributed by atoms with Crippen LogP contribution in [-0.4, -0.2) is 27.6 Å². The summed E-state index contributed by atoms with van der Waals surface area (Å²) in [4.78, 5) is 11.7. The molecular formula is C27H32O6S. The van der Waals surface area contributed by atoms with Gasteiger partial charge in [0.05, 0.1) is 18.1 Å². The molecule has 0 saturated heterocycles. The first-order chi connectivity index (χ1) is 16.2. The molecular weight excluding hydrogens is 452 g/mol. The van der Waals surface area contributed by atoms with Crippen molar-refractivity contribution in [2.75, 3.05) is 7.11 Å². The quantitative estimate of drug-likeness (QED) is 0.328. The maximum Gasteiger partial charge on any atom is 0.308 e. The Labute approximate surface area is 201 Å². The van der Waals surface area contributed by atoms with Crippen molar-refractivity contribution in [3.8, 4) is 11.5 Å². The highest BCUT2D eigenvalue weighted by Gasteiger charge is 2.56. The first kappa shape index (κ1) is 23.4. The molecule has 0 N–H and O–H groups in total. The van der Waals surface area contributed by atoms with Crippen LogP contribution in [-0.2, 0) is 25.5 Å². The molecule has 6 nitrogen and oxygen atoms in total. The Kier molecular flexibility index (Phi) is 5.97. The molecule has 7 heteroatoms. The lowest BCUT2D eigenvalue weighted by atomic mass is 9.55. The van der Waals surface area contributed by atoms with E-state index >= 15 is 0 Å². The van der Waals surface area contributed by atoms with E-state index in [1.807, 2.05) is 6.07 Å². The molecule has 0 aliphatic heterocycles. The summed E-state index contributed by atoms with van der Waals surface area (Å²) in [6, 6.07) is 12.5. The third kappa shape index (κ3) is 3.93. The van der Waals surface area contributed by atoms with Gasteiger partial charge in [-0.25, -0.2) is 0 Å². The Bertz CT molecular complexity index is 1190. The topological polar surface area (TPSA) is 78.9 Å². The number of carbonyl (C=O) groups excluding carboxylic acids is 1. The Hall–Kier alpha value is -2.38. The van der Waals surface area contributed by atoms with E-state index in [-0.39, 0.29) is 22.4 Å². The van der Waals surface area contributed by atoms with Crippen LogP contribution < -0.4 is 9.47 Å². The van der Waals surface area contributed by atoms with Gasteiger partial charge in [0.2, 0.25) is 0 Å². The summed E-state index contributed by atoms with van der Waals surface area (Å²) in [7, 11) is -2.20. The Morgan fingerprint density at radius 2 is 1.79 bits per heavy atom. The number of benzene rings is 2. The molecule has 3 aliphatic carbocycles. The highest BCUT2D eigenvalue weighted by molar-refractivity contribution is 7.86. The largest absolute Gasteiger partial charge is 0.493 e. The molecule has 0 radical (unpaired) electrons. The summed E-state index contributed by atoms with van der Waals surface area (Å²) in [5.41, 5.74) is 2.34. The van der Waals surface area contributed by atoms with Crippen LogP contribution >= 0.6 is 0 Å². The highest BCUT2D eigenvalue weighted by Crippen LogP contribution is 2.62. The van der Waals surface area contributed by atoms with Gasteiger partial charge in [-0.15, -0.1) is 0 Å². The first-order valence-electron chi connectivity index (χ1n) is 12.1. The molecule has 0 aromatic heterocycles. The van der Waals surface area contributed by atoms with Crippen molar-refractivity contribution < 1.29 is 26.9 Å². The number of fused-ring (bicyclic) bond motifs is 5. The van der Waals surface area contributed by atoms with Gasteiger partial charge < -0.3 is 9.47 Å². The lowest BCUT2D eigenvalue weighted by Gasteiger charge is -2.50. The van der Waals surface area contributed by atoms with Crippen LogP contribution in [0.3, 0.4) is 0 Å². The third-order valence-corrected chi connectivity index (χ3v) is 9.79. The zero-order valence-corrected chi connectivity index (χ0v) is 20.8. The van der Waals surface area contributed by atoms with E-state index in [1.54, 1.807) is 37.4 Å². The average molecular weight is 485 g/mol. The minimum atomic E-state index is -3.79. The Morgan fingerprint density at radius 1 is 1.03 bits per heavy atom. The zero-order chi connectivity index (χ0) is 24.1. The van der Waals surface area contributed by atoms with Crippen molar-refractivity contribution in [2.24, 2.45) is 17.3 Å². The predicted octanol–water partition coefficient (Wildman–Crippen LogP) is 5.25. The number of esters is 1. The fourth-order valence-corrected chi connectivity index (χ4v) is 8.10. The maximum absolute atomic E-state index is 13.0. The van der Waals surface area contributed by atoms with Crippen molar-refractivity contribution in [1.82, 2.24) is 0 Å². The fourth-order valence-electron chi connectivity index (χ4n) is 6.88. The number of ether oxygens (including phenoxy) is 2. The number of rotatable bonds is 5. The molecule has 5 atom stereocenters. The van der Waals surface area contributed by atoms with Gasteiger partial charge in [-0.3, -0.25) is 8.98 Å². The number of aryl methyl sites for hydroxylation is 1. The molecule has 3 unspecified atom stereocenters. The van der Waals surface area contributed by atoms with Crippen molar-refractivity contribution in [2.45, 2.75) is 69.3 Å². The maximum atomic E-state index is 13.0. The number of methoxy groups -OCH3 is 1. The van der Waals surface area contributed by atoms with Gasteiger partial charge in [-0.1, -0.05) is 25.1 Å². The summed E-state index contributed by atoms with van der Waals surface area (Å²) in [6.45, 7) is 3.62. The van der Waals surface area contributed by atoms with Gasteiger partial charge in [0.15, 0.2) is 11.5 Å². The van der Waals surface area contributed by atoms with E-state index in [2.05, 4.69) is 13.0 Å². The minimum absolute atomic E-state index is 0.164. The Balaban J connectivity index is 1.40. The second-order valence-electron chi connectivity index (χ2n) is 10.2. The van der Waals surface area contributed by atoms with Crippen molar-refractivity contribution in [1.29, 1.82) is 0 Å². The van der Waals surface area contributed by atoms with E-state index in [0.29, 0.717) is 29.3 Å². The predicted molar refractivity (Wildman–Crippen MR) is 127 cm³/mol. The highest BCUT2D eigenvalue weighted by atomic mass is 32.2. The van der Waals surface area contributed by atoms with Crippen LogP contribution in [0.5, 0.6) is 11.5 Å². The molecule has 2 fully saturated rings. The van der Waals surface area contributed by atoms with Gasteiger partial charge >= 0.3 is 5.97 Å². The van der Waals surface area contributed by atoms with E-state index < -0.39 is 10.1 Å². The zero-order valence-electron chi connectivity index (χ0n) is 20.0. The van der Waals surface area contributed by atoms with E-state index in [0.717, 1.165) is 38.5 Å². The van der Waals surface area contributed by atoms with Crippen LogP contribution in [0.4, 0.5) is 0 Å². The second-order valence-corrected chi connectivity index (χ2v) is 11.8. The summed E-state index contributed by atoms with van der Waals surface area (Å²) < 4.78 is 42.7. The minimum Gasteiger partial charge on any atom is -0.493 e. The first-order valence-corrected chi connectivity index (χ1v) is 13.5. The van der Waals surface area contributed by atoms with Crippen molar-refractivity contribution in [3.63, 3.8) is 0 Å². The fraction of sp³-hybridized carbons (Fsp3) is 0.519. The van der Waals surface area contributed by atoms with E-state index in [9.17, 15) is 13.2 Å². The van der Waals surface area contributed by atoms with Crippen LogP contribution in [0, 0.1) is 17.3 Å². The number of carbonyl (C=O) groups is 1. The third-order valence-electron chi connectivity index (χ3n) is 8.45. The average Bonchev–Trinajstić information content (AvgIpc) is 3.14. The standard InChI is InChI=1S/C27H32O6S/c1-17(28)32-25-15-18-9-10-21-20(22(18)16-24(25)31-3)13-14-27(2)23(21)11-12-26(27)33-34(29,30)19-7-5-4-6-8-19/h4-8,15-16,20-21,23,26H,9-14H2,1-3H3/t20?,21?,23?,26-,27-/m0/s1. The lowest BCUT2D eigenvalue weighted by Crippen LogP contribution is -2.45. The lowest BCUT2D eigenvalue weighted by molar-refractivity contribution is -0.132. The molecule has 182 valence electrons. The second kappa shape index (κ2) is 8.68. The SMILES string of the molecule is COc1cc2c(cc1OC(C)=O)CCC1C2CC[C@@]2(C)C1CC[C@@H]2OS(=O)(=O)c1ccccc1. The van der Waals surface area contributed by atoms with E-state index in [4.69, 9.17) is 13.7 Å². The molecule has 0 heterocycles. The smallest absolute Gasteiger partial charge is 0.308 e. The van der Waals surface area contributed by atoms with Gasteiger partial charge in [-0.05, 0) is 97.1 Å². The van der Waals surface area contributed by atoms with Crippen molar-refractivity contribution >= 4 is 16.1 Å². The molecule has 2 aromatic carbocycles. The van der Waals surface area contributed by atoms with Crippen LogP contribution in [0.1, 0.15) is 63.0 Å². The molecule has 0 amide bonds. The van der Waals surface area contributed by atoms with E-state index in [1.165, 1.54) is 18.1 Å². The van der Waals surface area contributed by atoms with Crippen LogP contribution in [0.2, 0.25) is 0 Å². The number of hydrogen-bond acceptors (Lipinski definition) is 6. The summed E-state index contributed by atoms with van der Waals surface area (Å²) in [6.07, 6.45) is 5.29. The molecule has 2 saturated carbocycles. The monoisotopic (exact) mass is 484 g/mol. The summed E-state index contributed by atoms with van der Waals surface area (Å²) in [5, 5.41) is 0. The van der Waals surface area contributed by atoms with Gasteiger partial charge in [0.1, 0.15) is 0 Å². The molecule has 3 aliphatic rings. The summed E-state index contributed by atoms with van der Waals surface area (Å²) >= 11 is 0. The summed E-state index contributed by atoms with van der Waals surface area (Å²) in [5.74, 6) is 1.99. The van der Waals surface area contributed by atoms with Crippen LogP contribution in [0.25, 0.3) is 0 Å².